The summed E-state index contributed by atoms with van der Waals surface area (Å²) in [5, 5.41) is 17.3. The van der Waals surface area contributed by atoms with Crippen LogP contribution in [0.25, 0.3) is 0 Å². The minimum Gasteiger partial charge on any atom is -0.223 e. The zero-order valence-corrected chi connectivity index (χ0v) is 10.0. The Hall–Kier alpha value is -2.11. The number of allylic oxidation sites excluding steroid dienone is 1. The molecule has 4 nitrogen and oxygen atoms in total. The van der Waals surface area contributed by atoms with Gasteiger partial charge in [0.1, 0.15) is 17.7 Å². The van der Waals surface area contributed by atoms with Gasteiger partial charge in [0, 0.05) is 0 Å². The molecule has 0 unspecified atom stereocenters. The van der Waals surface area contributed by atoms with E-state index in [1.807, 2.05) is 0 Å². The van der Waals surface area contributed by atoms with E-state index in [-0.39, 0.29) is 21.8 Å². The van der Waals surface area contributed by atoms with Crippen LogP contribution in [0.5, 0.6) is 0 Å². The van der Waals surface area contributed by atoms with Crippen molar-refractivity contribution in [3.8, 4) is 12.1 Å². The van der Waals surface area contributed by atoms with E-state index in [0.29, 0.717) is 0 Å². The molecule has 0 spiro atoms. The van der Waals surface area contributed by atoms with Crippen molar-refractivity contribution < 1.29 is 8.42 Å². The van der Waals surface area contributed by atoms with Crippen LogP contribution in [-0.2, 0) is 9.84 Å². The average Bonchev–Trinajstić information content (AvgIpc) is 2.31. The maximum absolute atomic E-state index is 11.9. The van der Waals surface area contributed by atoms with E-state index >= 15 is 0 Å². The van der Waals surface area contributed by atoms with Crippen molar-refractivity contribution in [2.75, 3.05) is 5.75 Å². The quantitative estimate of drug-likeness (QED) is 0.762. The third-order valence-corrected chi connectivity index (χ3v) is 3.96. The molecule has 0 aromatic heterocycles. The molecule has 0 saturated heterocycles. The molecule has 86 valence electrons. The maximum Gasteiger partial charge on any atom is 0.182 e. The highest BCUT2D eigenvalue weighted by atomic mass is 32.2. The van der Waals surface area contributed by atoms with Gasteiger partial charge in [-0.2, -0.15) is 10.5 Å². The molecule has 0 N–H and O–H groups in total. The second-order valence-electron chi connectivity index (χ2n) is 3.45. The Morgan fingerprint density at radius 3 is 2.18 bits per heavy atom. The first-order valence-electron chi connectivity index (χ1n) is 4.79. The van der Waals surface area contributed by atoms with E-state index in [0.717, 1.165) is 0 Å². The van der Waals surface area contributed by atoms with Crippen molar-refractivity contribution in [2.24, 2.45) is 0 Å². The van der Waals surface area contributed by atoms with E-state index in [1.165, 1.54) is 19.1 Å². The summed E-state index contributed by atoms with van der Waals surface area (Å²) >= 11 is 0. The molecule has 0 saturated carbocycles. The molecule has 1 aromatic rings. The molecule has 17 heavy (non-hydrogen) atoms. The number of hydrogen-bond acceptors (Lipinski definition) is 4. The molecule has 0 aliphatic rings. The molecule has 0 heterocycles. The lowest BCUT2D eigenvalue weighted by Crippen LogP contribution is -2.08. The fraction of sp³-hybridized carbons (Fsp3) is 0.167. The van der Waals surface area contributed by atoms with Gasteiger partial charge < -0.3 is 0 Å². The van der Waals surface area contributed by atoms with Crippen LogP contribution in [0.3, 0.4) is 0 Å². The highest BCUT2D eigenvalue weighted by molar-refractivity contribution is 7.91. The standard InChI is InChI=1S/C12H10N2O2S/c1-10(11(7-13)8-14)9-17(15,16)12-5-3-2-4-6-12/h2-6H,9H2,1H3. The van der Waals surface area contributed by atoms with Gasteiger partial charge in [-0.1, -0.05) is 18.2 Å². The van der Waals surface area contributed by atoms with Crippen LogP contribution >= 0.6 is 0 Å². The summed E-state index contributed by atoms with van der Waals surface area (Å²) in [6.07, 6.45) is 0. The Labute approximate surface area is 100 Å². The minimum atomic E-state index is -3.48. The highest BCUT2D eigenvalue weighted by Crippen LogP contribution is 2.15. The second-order valence-corrected chi connectivity index (χ2v) is 5.44. The monoisotopic (exact) mass is 246 g/mol. The van der Waals surface area contributed by atoms with Gasteiger partial charge in [-0.15, -0.1) is 0 Å². The fourth-order valence-electron chi connectivity index (χ4n) is 1.28. The van der Waals surface area contributed by atoms with Crippen molar-refractivity contribution in [2.45, 2.75) is 11.8 Å². The third-order valence-electron chi connectivity index (χ3n) is 2.16. The zero-order valence-electron chi connectivity index (χ0n) is 9.21. The smallest absolute Gasteiger partial charge is 0.182 e. The van der Waals surface area contributed by atoms with Gasteiger partial charge in [-0.05, 0) is 24.6 Å². The molecule has 0 bridgehead atoms. The average molecular weight is 246 g/mol. The van der Waals surface area contributed by atoms with Gasteiger partial charge in [0.05, 0.1) is 10.6 Å². The molecular weight excluding hydrogens is 236 g/mol. The summed E-state index contributed by atoms with van der Waals surface area (Å²) < 4.78 is 23.9. The minimum absolute atomic E-state index is 0.149. The second kappa shape index (κ2) is 5.29. The van der Waals surface area contributed by atoms with Gasteiger partial charge in [0.2, 0.25) is 0 Å². The lowest BCUT2D eigenvalue weighted by molar-refractivity contribution is 0.598. The van der Waals surface area contributed by atoms with Crippen LogP contribution < -0.4 is 0 Å². The number of nitriles is 2. The first-order chi connectivity index (χ1) is 8.01. The van der Waals surface area contributed by atoms with Crippen LogP contribution in [0.1, 0.15) is 6.92 Å². The Morgan fingerprint density at radius 2 is 1.71 bits per heavy atom. The highest BCUT2D eigenvalue weighted by Gasteiger charge is 2.16. The Bertz CT molecular complexity index is 601. The lowest BCUT2D eigenvalue weighted by atomic mass is 10.2. The molecule has 0 fully saturated rings. The molecule has 0 radical (unpaired) electrons. The molecule has 0 amide bonds. The van der Waals surface area contributed by atoms with Gasteiger partial charge in [-0.25, -0.2) is 8.42 Å². The van der Waals surface area contributed by atoms with Crippen LogP contribution in [-0.4, -0.2) is 14.2 Å². The topological polar surface area (TPSA) is 81.7 Å². The van der Waals surface area contributed by atoms with Crippen LogP contribution in [0, 0.1) is 22.7 Å². The molecule has 0 atom stereocenters. The van der Waals surface area contributed by atoms with Crippen molar-refractivity contribution >= 4 is 9.84 Å². The first kappa shape index (κ1) is 13.0. The van der Waals surface area contributed by atoms with E-state index in [9.17, 15) is 8.42 Å². The largest absolute Gasteiger partial charge is 0.223 e. The van der Waals surface area contributed by atoms with E-state index in [2.05, 4.69) is 0 Å². The SMILES string of the molecule is CC(CS(=O)(=O)c1ccccc1)=C(C#N)C#N. The molecule has 1 aromatic carbocycles. The Morgan fingerprint density at radius 1 is 1.18 bits per heavy atom. The van der Waals surface area contributed by atoms with Crippen LogP contribution in [0.2, 0.25) is 0 Å². The molecule has 0 aliphatic heterocycles. The van der Waals surface area contributed by atoms with E-state index in [4.69, 9.17) is 10.5 Å². The molecule has 5 heteroatoms. The predicted octanol–water partition coefficient (Wildman–Crippen LogP) is 1.82. The fourth-order valence-corrected chi connectivity index (χ4v) is 2.74. The van der Waals surface area contributed by atoms with Gasteiger partial charge in [-0.3, -0.25) is 0 Å². The Kier molecular flexibility index (Phi) is 4.03. The van der Waals surface area contributed by atoms with Crippen molar-refractivity contribution in [3.05, 3.63) is 41.5 Å². The van der Waals surface area contributed by atoms with E-state index < -0.39 is 9.84 Å². The van der Waals surface area contributed by atoms with Crippen molar-refractivity contribution in [3.63, 3.8) is 0 Å². The third kappa shape index (κ3) is 3.17. The Balaban J connectivity index is 3.11. The lowest BCUT2D eigenvalue weighted by Gasteiger charge is -2.04. The van der Waals surface area contributed by atoms with Gasteiger partial charge in [0.15, 0.2) is 9.84 Å². The number of nitrogens with zero attached hydrogens (tertiary/aromatic N) is 2. The normalized spacial score (nSPS) is 10.1. The molecule has 1 rings (SSSR count). The zero-order chi connectivity index (χ0) is 12.9. The summed E-state index contributed by atoms with van der Waals surface area (Å²) in [7, 11) is -3.48. The summed E-state index contributed by atoms with van der Waals surface area (Å²) in [5.41, 5.74) is 0.114. The first-order valence-corrected chi connectivity index (χ1v) is 6.44. The van der Waals surface area contributed by atoms with Crippen LogP contribution in [0.15, 0.2) is 46.4 Å². The van der Waals surface area contributed by atoms with Crippen molar-refractivity contribution in [1.82, 2.24) is 0 Å². The summed E-state index contributed by atoms with van der Waals surface area (Å²) in [6, 6.07) is 11.3. The van der Waals surface area contributed by atoms with Gasteiger partial charge >= 0.3 is 0 Å². The number of benzene rings is 1. The van der Waals surface area contributed by atoms with Crippen LogP contribution in [0.4, 0.5) is 0 Å². The van der Waals surface area contributed by atoms with Gasteiger partial charge in [0.25, 0.3) is 0 Å². The van der Waals surface area contributed by atoms with Crippen molar-refractivity contribution in [1.29, 1.82) is 10.5 Å². The summed E-state index contributed by atoms with van der Waals surface area (Å²) in [6.45, 7) is 1.47. The summed E-state index contributed by atoms with van der Waals surface area (Å²) in [5.74, 6) is -0.312. The predicted molar refractivity (Wildman–Crippen MR) is 62.4 cm³/mol. The summed E-state index contributed by atoms with van der Waals surface area (Å²) in [4.78, 5) is 0.189. The number of rotatable bonds is 3. The molecule has 0 aliphatic carbocycles. The molecular formula is C12H10N2O2S. The number of hydrogen-bond donors (Lipinski definition) is 0. The number of sulfone groups is 1. The maximum atomic E-state index is 11.9. The van der Waals surface area contributed by atoms with E-state index in [1.54, 1.807) is 30.3 Å².